The van der Waals surface area contributed by atoms with Gasteiger partial charge < -0.3 is 20.3 Å². The SMILES string of the molecule is Cc1cc(C)c(CNc2nccc3c(NC4CC5CN(C(=O)OC(C)(C)C)CC5C4)cc(Cl)cc23)c(C)n1. The van der Waals surface area contributed by atoms with Crippen molar-refractivity contribution in [3.05, 3.63) is 58.0 Å². The van der Waals surface area contributed by atoms with Crippen LogP contribution in [0.4, 0.5) is 16.3 Å². The maximum absolute atomic E-state index is 12.5. The number of nitrogens with one attached hydrogen (secondary N) is 2. The van der Waals surface area contributed by atoms with Crippen molar-refractivity contribution < 1.29 is 9.53 Å². The van der Waals surface area contributed by atoms with Crippen molar-refractivity contribution in [2.75, 3.05) is 23.7 Å². The fourth-order valence-corrected chi connectivity index (χ4v) is 6.33. The highest BCUT2D eigenvalue weighted by Gasteiger charge is 2.43. The van der Waals surface area contributed by atoms with Crippen LogP contribution in [-0.4, -0.2) is 45.7 Å². The highest BCUT2D eigenvalue weighted by atomic mass is 35.5. The van der Waals surface area contributed by atoms with Gasteiger partial charge >= 0.3 is 6.09 Å². The summed E-state index contributed by atoms with van der Waals surface area (Å²) in [6.45, 7) is 14.1. The molecular formula is C30H38ClN5O2. The van der Waals surface area contributed by atoms with Gasteiger partial charge in [0, 0.05) is 64.7 Å². The Morgan fingerprint density at radius 1 is 1.11 bits per heavy atom. The first-order valence-electron chi connectivity index (χ1n) is 13.5. The molecule has 2 N–H and O–H groups in total. The van der Waals surface area contributed by atoms with Gasteiger partial charge in [-0.25, -0.2) is 9.78 Å². The first-order chi connectivity index (χ1) is 18.0. The second-order valence-electron chi connectivity index (χ2n) is 11.9. The molecule has 7 nitrogen and oxygen atoms in total. The van der Waals surface area contributed by atoms with Crippen molar-refractivity contribution in [3.8, 4) is 0 Å². The summed E-state index contributed by atoms with van der Waals surface area (Å²) in [5, 5.41) is 10.1. The number of likely N-dealkylation sites (tertiary alicyclic amines) is 1. The molecule has 1 saturated carbocycles. The van der Waals surface area contributed by atoms with Crippen molar-refractivity contribution in [1.82, 2.24) is 14.9 Å². The van der Waals surface area contributed by atoms with Gasteiger partial charge in [-0.3, -0.25) is 4.98 Å². The third-order valence-corrected chi connectivity index (χ3v) is 7.94. The number of benzene rings is 1. The van der Waals surface area contributed by atoms with Gasteiger partial charge in [0.2, 0.25) is 0 Å². The number of nitrogens with zero attached hydrogens (tertiary/aromatic N) is 3. The number of fused-ring (bicyclic) bond motifs is 2. The van der Waals surface area contributed by atoms with Crippen molar-refractivity contribution in [2.45, 2.75) is 72.6 Å². The lowest BCUT2D eigenvalue weighted by atomic mass is 10.0. The van der Waals surface area contributed by atoms with Crippen molar-refractivity contribution in [1.29, 1.82) is 0 Å². The van der Waals surface area contributed by atoms with Crippen molar-refractivity contribution in [3.63, 3.8) is 0 Å². The zero-order valence-corrected chi connectivity index (χ0v) is 23.9. The number of anilines is 2. The van der Waals surface area contributed by atoms with E-state index in [2.05, 4.69) is 40.5 Å². The van der Waals surface area contributed by atoms with E-state index in [0.717, 1.165) is 59.6 Å². The summed E-state index contributed by atoms with van der Waals surface area (Å²) in [7, 11) is 0. The quantitative estimate of drug-likeness (QED) is 0.371. The number of halogens is 1. The van der Waals surface area contributed by atoms with Gasteiger partial charge in [0.25, 0.3) is 0 Å². The third-order valence-electron chi connectivity index (χ3n) is 7.72. The molecule has 1 aliphatic heterocycles. The molecule has 0 bridgehead atoms. The molecule has 2 aliphatic rings. The summed E-state index contributed by atoms with van der Waals surface area (Å²) >= 11 is 6.61. The highest BCUT2D eigenvalue weighted by molar-refractivity contribution is 6.32. The molecule has 1 saturated heterocycles. The second kappa shape index (κ2) is 10.3. The molecule has 38 heavy (non-hydrogen) atoms. The lowest BCUT2D eigenvalue weighted by Gasteiger charge is -2.25. The number of amides is 1. The van der Waals surface area contributed by atoms with Crippen LogP contribution < -0.4 is 10.6 Å². The monoisotopic (exact) mass is 535 g/mol. The average molecular weight is 536 g/mol. The molecule has 1 amide bonds. The van der Waals surface area contributed by atoms with Gasteiger partial charge in [-0.15, -0.1) is 0 Å². The van der Waals surface area contributed by atoms with Crippen molar-refractivity contribution >= 4 is 40.0 Å². The van der Waals surface area contributed by atoms with Gasteiger partial charge in [0.15, 0.2) is 0 Å². The van der Waals surface area contributed by atoms with E-state index in [1.54, 1.807) is 0 Å². The zero-order chi connectivity index (χ0) is 27.2. The Kier molecular flexibility index (Phi) is 7.16. The number of ether oxygens (including phenoxy) is 1. The number of aromatic nitrogens is 2. The minimum absolute atomic E-state index is 0.198. The molecule has 0 spiro atoms. The lowest BCUT2D eigenvalue weighted by molar-refractivity contribution is 0.0280. The fraction of sp³-hybridized carbons (Fsp3) is 0.500. The van der Waals surface area contributed by atoms with Crippen LogP contribution in [0.1, 0.15) is 56.1 Å². The van der Waals surface area contributed by atoms with Crippen LogP contribution in [0.5, 0.6) is 0 Å². The summed E-state index contributed by atoms with van der Waals surface area (Å²) < 4.78 is 5.59. The summed E-state index contributed by atoms with van der Waals surface area (Å²) in [6.07, 6.45) is 3.69. The van der Waals surface area contributed by atoms with Gasteiger partial charge in [-0.05, 0) is 102 Å². The van der Waals surface area contributed by atoms with E-state index in [-0.39, 0.29) is 6.09 Å². The molecule has 2 atom stereocenters. The Labute approximate surface area is 230 Å². The van der Waals surface area contributed by atoms with E-state index in [0.29, 0.717) is 29.4 Å². The van der Waals surface area contributed by atoms with E-state index in [1.807, 2.05) is 57.0 Å². The van der Waals surface area contributed by atoms with Crippen LogP contribution in [0.2, 0.25) is 5.02 Å². The number of hydrogen-bond acceptors (Lipinski definition) is 6. The molecule has 0 radical (unpaired) electrons. The van der Waals surface area contributed by atoms with Gasteiger partial charge in [0.05, 0.1) is 0 Å². The Balaban J connectivity index is 1.29. The zero-order valence-electron chi connectivity index (χ0n) is 23.2. The topological polar surface area (TPSA) is 79.4 Å². The van der Waals surface area contributed by atoms with Crippen LogP contribution in [0.3, 0.4) is 0 Å². The molecule has 202 valence electrons. The minimum Gasteiger partial charge on any atom is -0.444 e. The Morgan fingerprint density at radius 2 is 1.82 bits per heavy atom. The largest absolute Gasteiger partial charge is 0.444 e. The maximum Gasteiger partial charge on any atom is 0.410 e. The first-order valence-corrected chi connectivity index (χ1v) is 13.8. The van der Waals surface area contributed by atoms with Crippen LogP contribution >= 0.6 is 11.6 Å². The summed E-state index contributed by atoms with van der Waals surface area (Å²) in [6, 6.07) is 8.48. The Bertz CT molecular complexity index is 1330. The molecular weight excluding hydrogens is 498 g/mol. The Hall–Kier alpha value is -3.06. The minimum atomic E-state index is -0.468. The number of carbonyl (C=O) groups excluding carboxylic acids is 1. The number of pyridine rings is 2. The second-order valence-corrected chi connectivity index (χ2v) is 12.4. The molecule has 2 unspecified atom stereocenters. The van der Waals surface area contributed by atoms with E-state index < -0.39 is 5.60 Å². The summed E-state index contributed by atoms with van der Waals surface area (Å²) in [4.78, 5) is 23.7. The predicted octanol–water partition coefficient (Wildman–Crippen LogP) is 6.88. The van der Waals surface area contributed by atoms with Crippen LogP contribution in [-0.2, 0) is 11.3 Å². The molecule has 5 rings (SSSR count). The molecule has 1 aliphatic carbocycles. The highest BCUT2D eigenvalue weighted by Crippen LogP contribution is 2.41. The predicted molar refractivity (Wildman–Crippen MR) is 154 cm³/mol. The summed E-state index contributed by atoms with van der Waals surface area (Å²) in [5.41, 5.74) is 5.03. The van der Waals surface area contributed by atoms with Crippen LogP contribution in [0.25, 0.3) is 10.8 Å². The maximum atomic E-state index is 12.5. The summed E-state index contributed by atoms with van der Waals surface area (Å²) in [5.74, 6) is 1.78. The number of carbonyl (C=O) groups is 1. The average Bonchev–Trinajstić information content (AvgIpc) is 3.36. The molecule has 8 heteroatoms. The van der Waals surface area contributed by atoms with E-state index in [1.165, 1.54) is 11.1 Å². The van der Waals surface area contributed by atoms with Gasteiger partial charge in [0.1, 0.15) is 11.4 Å². The molecule has 2 aromatic heterocycles. The van der Waals surface area contributed by atoms with Crippen LogP contribution in [0, 0.1) is 32.6 Å². The third kappa shape index (κ3) is 5.68. The molecule has 3 heterocycles. The lowest BCUT2D eigenvalue weighted by Crippen LogP contribution is -2.36. The first kappa shape index (κ1) is 26.5. The van der Waals surface area contributed by atoms with Gasteiger partial charge in [-0.1, -0.05) is 11.6 Å². The number of hydrogen-bond donors (Lipinski definition) is 2. The van der Waals surface area contributed by atoms with E-state index in [9.17, 15) is 4.79 Å². The van der Waals surface area contributed by atoms with Crippen molar-refractivity contribution in [2.24, 2.45) is 11.8 Å². The standard InChI is InChI=1S/C30H38ClN5O2/c1-17-9-18(2)34-19(3)26(17)14-33-28-25-12-22(31)13-27(24(25)7-8-32-28)35-23-10-20-15-36(16-21(20)11-23)29(37)38-30(4,5)6/h7-9,12-13,20-21,23,35H,10-11,14-16H2,1-6H3,(H,32,33). The van der Waals surface area contributed by atoms with E-state index >= 15 is 0 Å². The smallest absolute Gasteiger partial charge is 0.410 e. The number of aryl methyl sites for hydroxylation is 3. The molecule has 3 aromatic rings. The number of rotatable bonds is 5. The van der Waals surface area contributed by atoms with E-state index in [4.69, 9.17) is 16.3 Å². The molecule has 2 fully saturated rings. The normalized spacial score (nSPS) is 21.0. The fourth-order valence-electron chi connectivity index (χ4n) is 6.11. The molecule has 1 aromatic carbocycles. The van der Waals surface area contributed by atoms with Gasteiger partial charge in [-0.2, -0.15) is 0 Å². The Morgan fingerprint density at radius 3 is 2.47 bits per heavy atom. The van der Waals surface area contributed by atoms with Crippen LogP contribution in [0.15, 0.2) is 30.5 Å².